The van der Waals surface area contributed by atoms with Crippen LogP contribution in [0.15, 0.2) is 0 Å². The van der Waals surface area contributed by atoms with Gasteiger partial charge in [0, 0.05) is 5.54 Å². The van der Waals surface area contributed by atoms with Crippen molar-refractivity contribution in [2.45, 2.75) is 69.7 Å². The Labute approximate surface area is 87.4 Å². The number of rotatable bonds is 4. The first-order chi connectivity index (χ1) is 6.74. The summed E-state index contributed by atoms with van der Waals surface area (Å²) < 4.78 is 0. The zero-order valence-corrected chi connectivity index (χ0v) is 9.23. The molecule has 0 saturated heterocycles. The zero-order valence-electron chi connectivity index (χ0n) is 9.23. The van der Waals surface area contributed by atoms with E-state index in [2.05, 4.69) is 0 Å². The molecule has 0 amide bonds. The van der Waals surface area contributed by atoms with Crippen LogP contribution in [-0.2, 0) is 0 Å². The van der Waals surface area contributed by atoms with Gasteiger partial charge >= 0.3 is 0 Å². The van der Waals surface area contributed by atoms with Gasteiger partial charge in [0.1, 0.15) is 0 Å². The van der Waals surface area contributed by atoms with Gasteiger partial charge in [-0.2, -0.15) is 0 Å². The molecular weight excluding hydrogens is 170 g/mol. The first-order valence-electron chi connectivity index (χ1n) is 6.53. The fourth-order valence-electron chi connectivity index (χ4n) is 3.59. The molecule has 0 bridgehead atoms. The standard InChI is InChI=1S/C13H23N/c14-13(9-10-13)12(7-8-12)6-5-11-3-1-2-4-11/h11H,1-10,14H2. The van der Waals surface area contributed by atoms with Crippen LogP contribution in [0.5, 0.6) is 0 Å². The lowest BCUT2D eigenvalue weighted by Crippen LogP contribution is -2.34. The molecule has 0 radical (unpaired) electrons. The lowest BCUT2D eigenvalue weighted by atomic mass is 9.85. The second-order valence-corrected chi connectivity index (χ2v) is 6.13. The highest BCUT2D eigenvalue weighted by Gasteiger charge is 2.62. The fourth-order valence-corrected chi connectivity index (χ4v) is 3.59. The lowest BCUT2D eigenvalue weighted by Gasteiger charge is -2.24. The average molecular weight is 193 g/mol. The van der Waals surface area contributed by atoms with Crippen molar-refractivity contribution in [2.24, 2.45) is 17.1 Å². The van der Waals surface area contributed by atoms with Crippen LogP contribution in [0.2, 0.25) is 0 Å². The molecule has 0 heterocycles. The summed E-state index contributed by atoms with van der Waals surface area (Å²) in [6.45, 7) is 0. The number of nitrogens with two attached hydrogens (primary N) is 1. The molecule has 0 aromatic carbocycles. The van der Waals surface area contributed by atoms with Gasteiger partial charge in [-0.05, 0) is 49.9 Å². The third kappa shape index (κ3) is 1.41. The summed E-state index contributed by atoms with van der Waals surface area (Å²) in [4.78, 5) is 0. The molecule has 0 aliphatic heterocycles. The van der Waals surface area contributed by atoms with Crippen molar-refractivity contribution in [3.05, 3.63) is 0 Å². The van der Waals surface area contributed by atoms with E-state index in [0.29, 0.717) is 11.0 Å². The Morgan fingerprint density at radius 1 is 1.00 bits per heavy atom. The van der Waals surface area contributed by atoms with E-state index < -0.39 is 0 Å². The van der Waals surface area contributed by atoms with Crippen molar-refractivity contribution >= 4 is 0 Å². The van der Waals surface area contributed by atoms with E-state index in [-0.39, 0.29) is 0 Å². The van der Waals surface area contributed by atoms with Gasteiger partial charge in [-0.3, -0.25) is 0 Å². The van der Waals surface area contributed by atoms with Crippen molar-refractivity contribution in [3.63, 3.8) is 0 Å². The van der Waals surface area contributed by atoms with E-state index in [9.17, 15) is 0 Å². The van der Waals surface area contributed by atoms with E-state index in [4.69, 9.17) is 5.73 Å². The van der Waals surface area contributed by atoms with Gasteiger partial charge in [-0.15, -0.1) is 0 Å². The highest BCUT2D eigenvalue weighted by molar-refractivity contribution is 5.18. The second-order valence-electron chi connectivity index (χ2n) is 6.13. The van der Waals surface area contributed by atoms with Gasteiger partial charge in [0.05, 0.1) is 0 Å². The summed E-state index contributed by atoms with van der Waals surface area (Å²) in [7, 11) is 0. The Kier molecular flexibility index (Phi) is 1.96. The van der Waals surface area contributed by atoms with Gasteiger partial charge in [0.15, 0.2) is 0 Å². The number of hydrogen-bond acceptors (Lipinski definition) is 1. The predicted molar refractivity (Wildman–Crippen MR) is 59.0 cm³/mol. The molecule has 0 aromatic rings. The van der Waals surface area contributed by atoms with E-state index in [1.807, 2.05) is 0 Å². The zero-order chi connectivity index (χ0) is 9.65. The highest BCUT2D eigenvalue weighted by Crippen LogP contribution is 2.65. The van der Waals surface area contributed by atoms with Gasteiger partial charge in [-0.25, -0.2) is 0 Å². The molecule has 0 spiro atoms. The molecule has 3 aliphatic rings. The second kappa shape index (κ2) is 2.98. The molecule has 0 aromatic heterocycles. The summed E-state index contributed by atoms with van der Waals surface area (Å²) in [5.74, 6) is 1.06. The molecule has 0 atom stereocenters. The molecule has 14 heavy (non-hydrogen) atoms. The van der Waals surface area contributed by atoms with Crippen molar-refractivity contribution < 1.29 is 0 Å². The minimum absolute atomic E-state index is 0.311. The molecule has 3 rings (SSSR count). The van der Waals surface area contributed by atoms with Crippen molar-refractivity contribution in [1.29, 1.82) is 0 Å². The monoisotopic (exact) mass is 193 g/mol. The van der Waals surface area contributed by atoms with Crippen molar-refractivity contribution in [2.75, 3.05) is 0 Å². The largest absolute Gasteiger partial charge is 0.325 e. The summed E-state index contributed by atoms with van der Waals surface area (Å²) in [5.41, 5.74) is 7.32. The SMILES string of the molecule is NC1(C2(CCC3CCCC3)CC2)CC1. The minimum Gasteiger partial charge on any atom is -0.325 e. The maximum Gasteiger partial charge on any atom is 0.0212 e. The summed E-state index contributed by atoms with van der Waals surface area (Å²) >= 11 is 0. The Morgan fingerprint density at radius 2 is 1.64 bits per heavy atom. The first kappa shape index (κ1) is 9.21. The third-order valence-corrected chi connectivity index (χ3v) is 5.20. The normalized spacial score (nSPS) is 33.2. The van der Waals surface area contributed by atoms with Crippen LogP contribution in [0.25, 0.3) is 0 Å². The van der Waals surface area contributed by atoms with Gasteiger partial charge in [0.25, 0.3) is 0 Å². The maximum atomic E-state index is 6.37. The Hall–Kier alpha value is -0.0400. The van der Waals surface area contributed by atoms with E-state index in [1.165, 1.54) is 64.2 Å². The first-order valence-corrected chi connectivity index (χ1v) is 6.53. The van der Waals surface area contributed by atoms with Crippen molar-refractivity contribution in [1.82, 2.24) is 0 Å². The quantitative estimate of drug-likeness (QED) is 0.729. The average Bonchev–Trinajstić information content (AvgIpc) is 3.07. The topological polar surface area (TPSA) is 26.0 Å². The molecule has 80 valence electrons. The van der Waals surface area contributed by atoms with Crippen LogP contribution >= 0.6 is 0 Å². The van der Waals surface area contributed by atoms with Gasteiger partial charge in [0.2, 0.25) is 0 Å². The molecule has 1 heteroatoms. The Morgan fingerprint density at radius 3 is 2.14 bits per heavy atom. The van der Waals surface area contributed by atoms with E-state index >= 15 is 0 Å². The third-order valence-electron chi connectivity index (χ3n) is 5.20. The van der Waals surface area contributed by atoms with Crippen LogP contribution < -0.4 is 5.73 Å². The van der Waals surface area contributed by atoms with Gasteiger partial charge < -0.3 is 5.73 Å². The van der Waals surface area contributed by atoms with Gasteiger partial charge in [-0.1, -0.05) is 25.7 Å². The lowest BCUT2D eigenvalue weighted by molar-refractivity contribution is 0.311. The molecule has 3 fully saturated rings. The molecule has 3 saturated carbocycles. The Bertz CT molecular complexity index is 219. The predicted octanol–water partition coefficient (Wildman–Crippen LogP) is 3.23. The van der Waals surface area contributed by atoms with Crippen LogP contribution in [0.4, 0.5) is 0 Å². The van der Waals surface area contributed by atoms with E-state index in [1.54, 1.807) is 0 Å². The summed E-state index contributed by atoms with van der Waals surface area (Å²) in [6.07, 6.45) is 14.5. The maximum absolute atomic E-state index is 6.37. The molecule has 1 nitrogen and oxygen atoms in total. The fraction of sp³-hybridized carbons (Fsp3) is 1.00. The van der Waals surface area contributed by atoms with Crippen molar-refractivity contribution in [3.8, 4) is 0 Å². The summed E-state index contributed by atoms with van der Waals surface area (Å²) in [6, 6.07) is 0. The Balaban J connectivity index is 1.52. The smallest absolute Gasteiger partial charge is 0.0212 e. The minimum atomic E-state index is 0.311. The summed E-state index contributed by atoms with van der Waals surface area (Å²) in [5, 5.41) is 0. The van der Waals surface area contributed by atoms with Crippen LogP contribution in [0.3, 0.4) is 0 Å². The van der Waals surface area contributed by atoms with Crippen LogP contribution in [0, 0.1) is 11.3 Å². The van der Waals surface area contributed by atoms with E-state index in [0.717, 1.165) is 5.92 Å². The van der Waals surface area contributed by atoms with Crippen LogP contribution in [-0.4, -0.2) is 5.54 Å². The number of hydrogen-bond donors (Lipinski definition) is 1. The van der Waals surface area contributed by atoms with Crippen LogP contribution in [0.1, 0.15) is 64.2 Å². The molecule has 0 unspecified atom stereocenters. The molecular formula is C13H23N. The molecule has 2 N–H and O–H groups in total. The highest BCUT2D eigenvalue weighted by atomic mass is 14.9. The molecule has 3 aliphatic carbocycles.